The molecule has 3 aliphatic heterocycles. The minimum Gasteiger partial charge on any atom is -0.484 e. The van der Waals surface area contributed by atoms with E-state index >= 15 is 0 Å². The molecule has 8 nitrogen and oxygen atoms in total. The summed E-state index contributed by atoms with van der Waals surface area (Å²) in [5, 5.41) is 7.81. The van der Waals surface area contributed by atoms with Gasteiger partial charge in [0, 0.05) is 30.8 Å². The van der Waals surface area contributed by atoms with Crippen LogP contribution in [0.2, 0.25) is 0 Å². The number of benzene rings is 2. The highest BCUT2D eigenvalue weighted by molar-refractivity contribution is 5.95. The van der Waals surface area contributed by atoms with Crippen molar-refractivity contribution in [2.45, 2.75) is 18.6 Å². The lowest BCUT2D eigenvalue weighted by atomic mass is 10.0. The van der Waals surface area contributed by atoms with Crippen LogP contribution in [0.1, 0.15) is 18.0 Å². The quantitative estimate of drug-likeness (QED) is 0.786. The van der Waals surface area contributed by atoms with Gasteiger partial charge in [-0.15, -0.1) is 0 Å². The molecule has 11 heteroatoms. The van der Waals surface area contributed by atoms with Crippen LogP contribution in [0.4, 0.5) is 23.7 Å². The van der Waals surface area contributed by atoms with Gasteiger partial charge in [-0.05, 0) is 17.7 Å². The molecule has 5 rings (SSSR count). The Labute approximate surface area is 180 Å². The molecule has 0 aliphatic carbocycles. The summed E-state index contributed by atoms with van der Waals surface area (Å²) in [6.45, 7) is 0.164. The van der Waals surface area contributed by atoms with E-state index in [0.717, 1.165) is 12.1 Å². The summed E-state index contributed by atoms with van der Waals surface area (Å²) in [5.41, 5.74) is 0.614. The maximum Gasteiger partial charge on any atom is 0.341 e. The molecule has 1 saturated heterocycles. The van der Waals surface area contributed by atoms with E-state index in [2.05, 4.69) is 10.4 Å². The number of anilines is 1. The standard InChI is InChI=1S/C21H17F3N4O4/c22-12-3-11(4-13(23)5-12)17-1-2-25-28(17)21(30)27-8-14(9-27)32-18-7-16-19(6-15(18)24)31-10-20(29)26-16/h2-7,14,17H,1,8-10H2,(H,26,29)/t17-/m0/s1. The van der Waals surface area contributed by atoms with Gasteiger partial charge in [-0.1, -0.05) is 0 Å². The van der Waals surface area contributed by atoms with Crippen LogP contribution in [0.5, 0.6) is 11.5 Å². The fraction of sp³-hybridized carbons (Fsp3) is 0.286. The van der Waals surface area contributed by atoms with Crippen LogP contribution in [-0.2, 0) is 4.79 Å². The fourth-order valence-corrected chi connectivity index (χ4v) is 3.81. The number of rotatable bonds is 3. The zero-order valence-electron chi connectivity index (χ0n) is 16.6. The number of nitrogens with one attached hydrogen (secondary N) is 1. The summed E-state index contributed by atoms with van der Waals surface area (Å²) in [4.78, 5) is 25.7. The molecule has 3 heterocycles. The SMILES string of the molecule is O=C1COc2cc(F)c(OC3CN(C(=O)N4N=CC[C@H]4c4cc(F)cc(F)c4)C3)cc2N1. The summed E-state index contributed by atoms with van der Waals surface area (Å²) < 4.78 is 52.3. The van der Waals surface area contributed by atoms with Crippen LogP contribution in [0.25, 0.3) is 0 Å². The smallest absolute Gasteiger partial charge is 0.341 e. The van der Waals surface area contributed by atoms with E-state index in [1.54, 1.807) is 0 Å². The molecule has 3 aliphatic rings. The van der Waals surface area contributed by atoms with Gasteiger partial charge in [0.1, 0.15) is 23.5 Å². The van der Waals surface area contributed by atoms with E-state index in [0.29, 0.717) is 17.7 Å². The fourth-order valence-electron chi connectivity index (χ4n) is 3.81. The van der Waals surface area contributed by atoms with Crippen molar-refractivity contribution in [3.05, 3.63) is 53.3 Å². The van der Waals surface area contributed by atoms with Gasteiger partial charge in [-0.3, -0.25) is 4.79 Å². The van der Waals surface area contributed by atoms with E-state index in [1.165, 1.54) is 34.3 Å². The Morgan fingerprint density at radius 2 is 1.88 bits per heavy atom. The first kappa shape index (κ1) is 20.2. The number of amides is 3. The molecular formula is C21H17F3N4O4. The Bertz CT molecular complexity index is 1120. The number of urea groups is 1. The molecule has 2 aromatic carbocycles. The predicted octanol–water partition coefficient (Wildman–Crippen LogP) is 3.05. The molecule has 1 fully saturated rings. The Balaban J connectivity index is 1.23. The molecule has 32 heavy (non-hydrogen) atoms. The maximum absolute atomic E-state index is 14.3. The molecule has 0 aromatic heterocycles. The molecular weight excluding hydrogens is 429 g/mol. The van der Waals surface area contributed by atoms with Crippen LogP contribution >= 0.6 is 0 Å². The van der Waals surface area contributed by atoms with Crippen molar-refractivity contribution in [2.24, 2.45) is 5.10 Å². The number of hydrogen-bond acceptors (Lipinski definition) is 5. The molecule has 0 saturated carbocycles. The minimum atomic E-state index is -0.731. The Kier molecular flexibility index (Phi) is 4.87. The van der Waals surface area contributed by atoms with Crippen molar-refractivity contribution in [3.8, 4) is 11.5 Å². The second-order valence-corrected chi connectivity index (χ2v) is 7.64. The highest BCUT2D eigenvalue weighted by atomic mass is 19.1. The van der Waals surface area contributed by atoms with Gasteiger partial charge < -0.3 is 19.7 Å². The zero-order chi connectivity index (χ0) is 22.4. The topological polar surface area (TPSA) is 83.5 Å². The molecule has 0 spiro atoms. The van der Waals surface area contributed by atoms with Gasteiger partial charge in [0.05, 0.1) is 24.8 Å². The first-order valence-corrected chi connectivity index (χ1v) is 9.87. The number of ether oxygens (including phenoxy) is 2. The van der Waals surface area contributed by atoms with E-state index in [1.807, 2.05) is 0 Å². The first-order chi connectivity index (χ1) is 15.4. The summed E-state index contributed by atoms with van der Waals surface area (Å²) in [6.07, 6.45) is 1.37. The third kappa shape index (κ3) is 3.70. The average molecular weight is 446 g/mol. The lowest BCUT2D eigenvalue weighted by molar-refractivity contribution is -0.118. The van der Waals surface area contributed by atoms with E-state index in [4.69, 9.17) is 9.47 Å². The molecule has 1 atom stereocenters. The molecule has 1 N–H and O–H groups in total. The molecule has 2 aromatic rings. The Morgan fingerprint density at radius 1 is 1.12 bits per heavy atom. The number of carbonyl (C=O) groups is 2. The minimum absolute atomic E-state index is 0.0704. The number of nitrogens with zero attached hydrogens (tertiary/aromatic N) is 3. The normalized spacial score (nSPS) is 19.8. The van der Waals surface area contributed by atoms with E-state index < -0.39 is 35.6 Å². The second kappa shape index (κ2) is 7.74. The number of likely N-dealkylation sites (tertiary alicyclic amines) is 1. The molecule has 0 bridgehead atoms. The van der Waals surface area contributed by atoms with Gasteiger partial charge in [-0.25, -0.2) is 23.0 Å². The van der Waals surface area contributed by atoms with Crippen molar-refractivity contribution < 1.29 is 32.2 Å². The molecule has 166 valence electrons. The van der Waals surface area contributed by atoms with Crippen LogP contribution < -0.4 is 14.8 Å². The van der Waals surface area contributed by atoms with Crippen molar-refractivity contribution >= 4 is 23.8 Å². The number of fused-ring (bicyclic) bond motifs is 1. The summed E-state index contributed by atoms with van der Waals surface area (Å²) >= 11 is 0. The molecule has 0 radical (unpaired) electrons. The van der Waals surface area contributed by atoms with Gasteiger partial charge >= 0.3 is 6.03 Å². The van der Waals surface area contributed by atoms with E-state index in [-0.39, 0.29) is 37.1 Å². The highest BCUT2D eigenvalue weighted by Gasteiger charge is 2.39. The van der Waals surface area contributed by atoms with Gasteiger partial charge in [0.2, 0.25) is 0 Å². The van der Waals surface area contributed by atoms with Crippen molar-refractivity contribution in [2.75, 3.05) is 25.0 Å². The summed E-state index contributed by atoms with van der Waals surface area (Å²) in [6, 6.07) is 4.52. The molecule has 0 unspecified atom stereocenters. The van der Waals surface area contributed by atoms with Crippen LogP contribution in [0, 0.1) is 17.5 Å². The number of hydrogen-bond donors (Lipinski definition) is 1. The zero-order valence-corrected chi connectivity index (χ0v) is 16.6. The highest BCUT2D eigenvalue weighted by Crippen LogP contribution is 2.36. The second-order valence-electron chi connectivity index (χ2n) is 7.64. The van der Waals surface area contributed by atoms with Crippen molar-refractivity contribution in [1.82, 2.24) is 9.91 Å². The monoisotopic (exact) mass is 446 g/mol. The maximum atomic E-state index is 14.3. The lowest BCUT2D eigenvalue weighted by Crippen LogP contribution is -2.58. The van der Waals surface area contributed by atoms with Gasteiger partial charge in [0.25, 0.3) is 5.91 Å². The summed E-state index contributed by atoms with van der Waals surface area (Å²) in [7, 11) is 0. The van der Waals surface area contributed by atoms with Gasteiger partial charge in [-0.2, -0.15) is 5.10 Å². The van der Waals surface area contributed by atoms with Crippen molar-refractivity contribution in [3.63, 3.8) is 0 Å². The largest absolute Gasteiger partial charge is 0.484 e. The Hall–Kier alpha value is -3.76. The number of carbonyl (C=O) groups excluding carboxylic acids is 2. The van der Waals surface area contributed by atoms with Crippen molar-refractivity contribution in [1.29, 1.82) is 0 Å². The average Bonchev–Trinajstić information content (AvgIpc) is 3.20. The lowest BCUT2D eigenvalue weighted by Gasteiger charge is -2.41. The first-order valence-electron chi connectivity index (χ1n) is 9.87. The summed E-state index contributed by atoms with van der Waals surface area (Å²) in [5.74, 6) is -2.32. The van der Waals surface area contributed by atoms with Crippen LogP contribution in [0.15, 0.2) is 35.4 Å². The molecule has 3 amide bonds. The third-order valence-corrected chi connectivity index (χ3v) is 5.37. The van der Waals surface area contributed by atoms with Crippen LogP contribution in [0.3, 0.4) is 0 Å². The predicted molar refractivity (Wildman–Crippen MR) is 106 cm³/mol. The third-order valence-electron chi connectivity index (χ3n) is 5.37. The number of hydrazone groups is 1. The van der Waals surface area contributed by atoms with Crippen LogP contribution in [-0.4, -0.2) is 53.9 Å². The van der Waals surface area contributed by atoms with Gasteiger partial charge in [0.15, 0.2) is 18.2 Å². The Morgan fingerprint density at radius 3 is 2.62 bits per heavy atom. The number of halogens is 3. The van der Waals surface area contributed by atoms with E-state index in [9.17, 15) is 22.8 Å².